The maximum Gasteiger partial charge on any atom is 0.247 e. The number of H-pyrrole nitrogens is 1. The van der Waals surface area contributed by atoms with Gasteiger partial charge in [-0.15, -0.1) is 0 Å². The van der Waals surface area contributed by atoms with Gasteiger partial charge in [0.25, 0.3) is 0 Å². The van der Waals surface area contributed by atoms with E-state index in [0.29, 0.717) is 6.61 Å². The number of hydrogen-bond donors (Lipinski definition) is 2. The van der Waals surface area contributed by atoms with Crippen molar-refractivity contribution < 1.29 is 18.3 Å². The molecule has 1 aliphatic rings. The Morgan fingerprint density at radius 3 is 2.89 bits per heavy atom. The number of nitrogens with one attached hydrogen (secondary N) is 1. The van der Waals surface area contributed by atoms with Gasteiger partial charge in [0.2, 0.25) is 15.6 Å². The fraction of sp³-hybridized carbons (Fsp3) is 0.500. The lowest BCUT2D eigenvalue weighted by Crippen LogP contribution is -2.50. The van der Waals surface area contributed by atoms with Crippen molar-refractivity contribution in [1.82, 2.24) is 9.29 Å². The standard InChI is InChI=1S/C10H14N2O5S/c13-6-8-7-17-4-3-12(8)18(15,16)9-1-2-10(14)11-5-9/h1-2,5,8,13H,3-4,6-7H2,(H,11,14). The van der Waals surface area contributed by atoms with Crippen LogP contribution in [0.25, 0.3) is 0 Å². The summed E-state index contributed by atoms with van der Waals surface area (Å²) >= 11 is 0. The van der Waals surface area contributed by atoms with Crippen LogP contribution >= 0.6 is 0 Å². The molecule has 0 aliphatic carbocycles. The second kappa shape index (κ2) is 5.19. The Morgan fingerprint density at radius 1 is 1.50 bits per heavy atom. The van der Waals surface area contributed by atoms with Gasteiger partial charge in [0, 0.05) is 18.8 Å². The van der Waals surface area contributed by atoms with Crippen LogP contribution in [0.4, 0.5) is 0 Å². The number of aliphatic hydroxyl groups excluding tert-OH is 1. The predicted octanol–water partition coefficient (Wildman–Crippen LogP) is -1.24. The molecule has 0 aromatic carbocycles. The highest BCUT2D eigenvalue weighted by molar-refractivity contribution is 7.89. The Balaban J connectivity index is 2.34. The smallest absolute Gasteiger partial charge is 0.247 e. The van der Waals surface area contributed by atoms with E-state index in [-0.39, 0.29) is 30.2 Å². The first-order chi connectivity index (χ1) is 8.55. The fourth-order valence-corrected chi connectivity index (χ4v) is 3.35. The minimum absolute atomic E-state index is 0.00227. The molecule has 1 aromatic heterocycles. The summed E-state index contributed by atoms with van der Waals surface area (Å²) in [6.07, 6.45) is 1.15. The molecule has 0 spiro atoms. The van der Waals surface area contributed by atoms with Gasteiger partial charge in [0.1, 0.15) is 0 Å². The number of hydrogen-bond acceptors (Lipinski definition) is 5. The van der Waals surface area contributed by atoms with Crippen molar-refractivity contribution in [2.45, 2.75) is 10.9 Å². The summed E-state index contributed by atoms with van der Waals surface area (Å²) in [5.41, 5.74) is -0.366. The Labute approximate surface area is 104 Å². The Bertz CT molecular complexity index is 547. The van der Waals surface area contributed by atoms with Crippen molar-refractivity contribution in [3.05, 3.63) is 28.7 Å². The molecule has 1 unspecified atom stereocenters. The zero-order chi connectivity index (χ0) is 13.2. The lowest BCUT2D eigenvalue weighted by Gasteiger charge is -2.33. The van der Waals surface area contributed by atoms with Gasteiger partial charge in [-0.25, -0.2) is 8.42 Å². The summed E-state index contributed by atoms with van der Waals surface area (Å²) < 4.78 is 30.9. The number of aromatic nitrogens is 1. The summed E-state index contributed by atoms with van der Waals surface area (Å²) in [5.74, 6) is 0. The van der Waals surface area contributed by atoms with E-state index in [4.69, 9.17) is 4.74 Å². The van der Waals surface area contributed by atoms with Gasteiger partial charge in [0.05, 0.1) is 30.8 Å². The van der Waals surface area contributed by atoms with Crippen LogP contribution in [0.15, 0.2) is 28.0 Å². The molecule has 0 saturated carbocycles. The molecular formula is C10H14N2O5S. The molecule has 8 heteroatoms. The van der Waals surface area contributed by atoms with E-state index < -0.39 is 16.1 Å². The van der Waals surface area contributed by atoms with E-state index in [2.05, 4.69) is 4.98 Å². The average Bonchev–Trinajstić information content (AvgIpc) is 2.39. The van der Waals surface area contributed by atoms with E-state index in [1.54, 1.807) is 0 Å². The minimum Gasteiger partial charge on any atom is -0.395 e. The molecule has 18 heavy (non-hydrogen) atoms. The summed E-state index contributed by atoms with van der Waals surface area (Å²) in [6.45, 7) is 0.341. The molecule has 100 valence electrons. The van der Waals surface area contributed by atoms with Gasteiger partial charge in [0.15, 0.2) is 0 Å². The van der Waals surface area contributed by atoms with E-state index in [1.165, 1.54) is 10.4 Å². The number of morpholine rings is 1. The third kappa shape index (κ3) is 2.46. The quantitative estimate of drug-likeness (QED) is 0.718. The molecule has 1 fully saturated rings. The first-order valence-corrected chi connectivity index (χ1v) is 6.89. The summed E-state index contributed by atoms with van der Waals surface area (Å²) in [5, 5.41) is 9.17. The molecule has 2 rings (SSSR count). The van der Waals surface area contributed by atoms with Crippen molar-refractivity contribution in [2.75, 3.05) is 26.4 Å². The number of nitrogens with zero attached hydrogens (tertiary/aromatic N) is 1. The highest BCUT2D eigenvalue weighted by atomic mass is 32.2. The minimum atomic E-state index is -3.72. The van der Waals surface area contributed by atoms with Crippen LogP contribution < -0.4 is 5.56 Å². The Hall–Kier alpha value is -1.22. The highest BCUT2D eigenvalue weighted by Crippen LogP contribution is 2.18. The van der Waals surface area contributed by atoms with Crippen LogP contribution in [-0.4, -0.2) is 55.2 Å². The first-order valence-electron chi connectivity index (χ1n) is 5.45. The summed E-state index contributed by atoms with van der Waals surface area (Å²) in [7, 11) is -3.72. The molecule has 1 aromatic rings. The molecule has 7 nitrogen and oxygen atoms in total. The van der Waals surface area contributed by atoms with Crippen LogP contribution in [0.2, 0.25) is 0 Å². The van der Waals surface area contributed by atoms with Crippen molar-refractivity contribution in [2.24, 2.45) is 0 Å². The lowest BCUT2D eigenvalue weighted by atomic mass is 10.3. The third-order valence-corrected chi connectivity index (χ3v) is 4.69. The van der Waals surface area contributed by atoms with Crippen molar-refractivity contribution in [3.8, 4) is 0 Å². The third-order valence-electron chi connectivity index (χ3n) is 2.75. The molecular weight excluding hydrogens is 260 g/mol. The SMILES string of the molecule is O=c1ccc(S(=O)(=O)N2CCOCC2CO)c[nH]1. The number of aromatic amines is 1. The number of aliphatic hydroxyl groups is 1. The molecule has 1 saturated heterocycles. The van der Waals surface area contributed by atoms with Gasteiger partial charge in [-0.3, -0.25) is 4.79 Å². The maximum absolute atomic E-state index is 12.3. The molecule has 1 aliphatic heterocycles. The predicted molar refractivity (Wildman–Crippen MR) is 62.6 cm³/mol. The highest BCUT2D eigenvalue weighted by Gasteiger charge is 2.33. The van der Waals surface area contributed by atoms with Crippen LogP contribution in [-0.2, 0) is 14.8 Å². The lowest BCUT2D eigenvalue weighted by molar-refractivity contribution is 0.0109. The van der Waals surface area contributed by atoms with Gasteiger partial charge in [-0.1, -0.05) is 0 Å². The monoisotopic (exact) mass is 274 g/mol. The molecule has 0 radical (unpaired) electrons. The van der Waals surface area contributed by atoms with Crippen molar-refractivity contribution in [3.63, 3.8) is 0 Å². The second-order valence-electron chi connectivity index (χ2n) is 3.92. The summed E-state index contributed by atoms with van der Waals surface area (Å²) in [4.78, 5) is 13.2. The zero-order valence-electron chi connectivity index (χ0n) is 9.57. The molecule has 0 bridgehead atoms. The molecule has 1 atom stereocenters. The fourth-order valence-electron chi connectivity index (χ4n) is 1.79. The molecule has 0 amide bonds. The van der Waals surface area contributed by atoms with Crippen LogP contribution in [0.3, 0.4) is 0 Å². The molecule has 2 heterocycles. The van der Waals surface area contributed by atoms with Crippen LogP contribution in [0.1, 0.15) is 0 Å². The van der Waals surface area contributed by atoms with Crippen molar-refractivity contribution >= 4 is 10.0 Å². The zero-order valence-corrected chi connectivity index (χ0v) is 10.4. The van der Waals surface area contributed by atoms with Crippen LogP contribution in [0, 0.1) is 0 Å². The van der Waals surface area contributed by atoms with E-state index in [1.807, 2.05) is 0 Å². The number of sulfonamides is 1. The second-order valence-corrected chi connectivity index (χ2v) is 5.81. The van der Waals surface area contributed by atoms with Gasteiger partial charge in [-0.2, -0.15) is 4.31 Å². The van der Waals surface area contributed by atoms with Crippen LogP contribution in [0.5, 0.6) is 0 Å². The van der Waals surface area contributed by atoms with Crippen molar-refractivity contribution in [1.29, 1.82) is 0 Å². The van der Waals surface area contributed by atoms with E-state index >= 15 is 0 Å². The first kappa shape index (κ1) is 13.2. The van der Waals surface area contributed by atoms with E-state index in [0.717, 1.165) is 12.3 Å². The summed E-state index contributed by atoms with van der Waals surface area (Å²) in [6, 6.07) is 1.81. The maximum atomic E-state index is 12.3. The average molecular weight is 274 g/mol. The van der Waals surface area contributed by atoms with Gasteiger partial charge < -0.3 is 14.8 Å². The number of ether oxygens (including phenoxy) is 1. The Kier molecular flexibility index (Phi) is 3.81. The van der Waals surface area contributed by atoms with E-state index in [9.17, 15) is 18.3 Å². The molecule has 2 N–H and O–H groups in total. The number of rotatable bonds is 3. The normalized spacial score (nSPS) is 21.9. The largest absolute Gasteiger partial charge is 0.395 e. The van der Waals surface area contributed by atoms with Gasteiger partial charge in [-0.05, 0) is 6.07 Å². The number of pyridine rings is 1. The van der Waals surface area contributed by atoms with Gasteiger partial charge >= 0.3 is 0 Å². The topological polar surface area (TPSA) is 99.7 Å². The Morgan fingerprint density at radius 2 is 2.28 bits per heavy atom.